The molecule has 16 heavy (non-hydrogen) atoms. The number of carboxylic acid groups (broad SMARTS) is 1. The molecule has 1 atom stereocenters. The van der Waals surface area contributed by atoms with Crippen molar-refractivity contribution in [3.63, 3.8) is 0 Å². The van der Waals surface area contributed by atoms with Crippen LogP contribution in [0, 0.1) is 0 Å². The Bertz CT molecular complexity index is 224. The van der Waals surface area contributed by atoms with Gasteiger partial charge in [-0.05, 0) is 36.9 Å². The molecule has 0 bridgehead atoms. The highest BCUT2D eigenvalue weighted by Crippen LogP contribution is 2.03. The predicted molar refractivity (Wildman–Crippen MR) is 70.2 cm³/mol. The van der Waals surface area contributed by atoms with Gasteiger partial charge in [-0.15, -0.1) is 0 Å². The molecule has 0 aromatic carbocycles. The zero-order valence-corrected chi connectivity index (χ0v) is 11.3. The summed E-state index contributed by atoms with van der Waals surface area (Å²) < 4.78 is 0. The van der Waals surface area contributed by atoms with Crippen LogP contribution >= 0.6 is 23.5 Å². The first-order chi connectivity index (χ1) is 7.61. The third-order valence-electron chi connectivity index (χ3n) is 2.00. The maximum absolute atomic E-state index is 11.4. The summed E-state index contributed by atoms with van der Waals surface area (Å²) in [6.07, 6.45) is 5.58. The molecule has 0 radical (unpaired) electrons. The Morgan fingerprint density at radius 3 is 2.38 bits per heavy atom. The smallest absolute Gasteiger partial charge is 0.326 e. The van der Waals surface area contributed by atoms with Crippen LogP contribution in [0.15, 0.2) is 0 Å². The van der Waals surface area contributed by atoms with E-state index < -0.39 is 12.0 Å². The van der Waals surface area contributed by atoms with E-state index in [4.69, 9.17) is 5.11 Å². The Morgan fingerprint density at radius 1 is 1.25 bits per heavy atom. The molecule has 0 saturated carbocycles. The minimum absolute atomic E-state index is 0.164. The highest BCUT2D eigenvalue weighted by molar-refractivity contribution is 7.98. The molecule has 4 nitrogen and oxygen atoms in total. The molecular weight excluding hydrogens is 246 g/mol. The van der Waals surface area contributed by atoms with Gasteiger partial charge >= 0.3 is 5.97 Å². The fourth-order valence-corrected chi connectivity index (χ4v) is 2.04. The lowest BCUT2D eigenvalue weighted by Crippen LogP contribution is -2.41. The molecule has 0 aromatic rings. The van der Waals surface area contributed by atoms with E-state index >= 15 is 0 Å². The van der Waals surface area contributed by atoms with Gasteiger partial charge < -0.3 is 10.4 Å². The molecule has 6 heteroatoms. The third-order valence-corrected chi connectivity index (χ3v) is 3.34. The van der Waals surface area contributed by atoms with Crippen molar-refractivity contribution in [3.05, 3.63) is 0 Å². The Labute approximate surface area is 105 Å². The lowest BCUT2D eigenvalue weighted by Gasteiger charge is -2.13. The fraction of sp³-hybridized carbons (Fsp3) is 0.800. The number of carbonyl (C=O) groups excluding carboxylic acids is 1. The summed E-state index contributed by atoms with van der Waals surface area (Å²) in [6, 6.07) is -0.741. The zero-order chi connectivity index (χ0) is 12.4. The van der Waals surface area contributed by atoms with Gasteiger partial charge in [-0.2, -0.15) is 23.5 Å². The molecule has 0 fully saturated rings. The average molecular weight is 265 g/mol. The first-order valence-corrected chi connectivity index (χ1v) is 7.90. The molecule has 0 saturated heterocycles. The van der Waals surface area contributed by atoms with Gasteiger partial charge in [0.25, 0.3) is 0 Å². The second-order valence-corrected chi connectivity index (χ2v) is 5.31. The number of amides is 1. The van der Waals surface area contributed by atoms with E-state index in [1.165, 1.54) is 0 Å². The van der Waals surface area contributed by atoms with Crippen LogP contribution in [0.3, 0.4) is 0 Å². The van der Waals surface area contributed by atoms with Crippen molar-refractivity contribution in [1.29, 1.82) is 0 Å². The maximum atomic E-state index is 11.4. The Morgan fingerprint density at radius 2 is 1.88 bits per heavy atom. The van der Waals surface area contributed by atoms with Crippen LogP contribution in [0.1, 0.15) is 19.3 Å². The monoisotopic (exact) mass is 265 g/mol. The van der Waals surface area contributed by atoms with E-state index in [1.54, 1.807) is 23.5 Å². The summed E-state index contributed by atoms with van der Waals surface area (Å²) in [7, 11) is 0. The van der Waals surface area contributed by atoms with Crippen molar-refractivity contribution < 1.29 is 14.7 Å². The first-order valence-electron chi connectivity index (χ1n) is 5.11. The minimum atomic E-state index is -0.952. The van der Waals surface area contributed by atoms with Gasteiger partial charge in [0, 0.05) is 6.42 Å². The number of rotatable bonds is 9. The Balaban J connectivity index is 3.88. The van der Waals surface area contributed by atoms with Crippen molar-refractivity contribution in [2.24, 2.45) is 0 Å². The molecular formula is C10H19NO3S2. The number of aliphatic carboxylic acids is 1. The van der Waals surface area contributed by atoms with Gasteiger partial charge in [-0.25, -0.2) is 4.79 Å². The molecule has 0 heterocycles. The van der Waals surface area contributed by atoms with Gasteiger partial charge in [-0.3, -0.25) is 4.79 Å². The second kappa shape index (κ2) is 9.84. The van der Waals surface area contributed by atoms with Gasteiger partial charge in [0.1, 0.15) is 6.04 Å². The van der Waals surface area contributed by atoms with Crippen molar-refractivity contribution in [2.45, 2.75) is 25.3 Å². The first kappa shape index (κ1) is 15.6. The number of nitrogens with one attached hydrogen (secondary N) is 1. The van der Waals surface area contributed by atoms with Crippen LogP contribution in [0.5, 0.6) is 0 Å². The lowest BCUT2D eigenvalue weighted by atomic mass is 10.2. The maximum Gasteiger partial charge on any atom is 0.326 e. The predicted octanol–water partition coefficient (Wildman–Crippen LogP) is 1.45. The molecule has 0 aliphatic heterocycles. The highest BCUT2D eigenvalue weighted by atomic mass is 32.2. The van der Waals surface area contributed by atoms with Crippen LogP contribution < -0.4 is 5.32 Å². The molecule has 0 aliphatic carbocycles. The quantitative estimate of drug-likeness (QED) is 0.618. The normalized spacial score (nSPS) is 12.1. The SMILES string of the molecule is CSCCCC(=O)N[C@@H](CCSC)C(=O)O. The van der Waals surface area contributed by atoms with E-state index in [-0.39, 0.29) is 5.91 Å². The topological polar surface area (TPSA) is 66.4 Å². The summed E-state index contributed by atoms with van der Waals surface area (Å²) in [6.45, 7) is 0. The summed E-state index contributed by atoms with van der Waals surface area (Å²) in [4.78, 5) is 22.2. The van der Waals surface area contributed by atoms with E-state index in [2.05, 4.69) is 5.32 Å². The van der Waals surface area contributed by atoms with Crippen LogP contribution in [-0.2, 0) is 9.59 Å². The molecule has 0 unspecified atom stereocenters. The molecule has 0 aliphatic rings. The van der Waals surface area contributed by atoms with Gasteiger partial charge in [0.2, 0.25) is 5.91 Å². The third kappa shape index (κ3) is 7.87. The molecule has 94 valence electrons. The molecule has 1 amide bonds. The van der Waals surface area contributed by atoms with Crippen LogP contribution in [0.25, 0.3) is 0 Å². The number of carbonyl (C=O) groups is 2. The van der Waals surface area contributed by atoms with E-state index in [9.17, 15) is 9.59 Å². The second-order valence-electron chi connectivity index (χ2n) is 3.34. The molecule has 0 rings (SSSR count). The number of thioether (sulfide) groups is 2. The van der Waals surface area contributed by atoms with Crippen LogP contribution in [-0.4, -0.2) is 47.0 Å². The van der Waals surface area contributed by atoms with Crippen molar-refractivity contribution in [2.75, 3.05) is 24.0 Å². The summed E-state index contributed by atoms with van der Waals surface area (Å²) in [5.41, 5.74) is 0. The van der Waals surface area contributed by atoms with Crippen molar-refractivity contribution >= 4 is 35.4 Å². The number of hydrogen-bond donors (Lipinski definition) is 2. The highest BCUT2D eigenvalue weighted by Gasteiger charge is 2.18. The summed E-state index contributed by atoms with van der Waals surface area (Å²) in [5, 5.41) is 11.4. The molecule has 0 aromatic heterocycles. The van der Waals surface area contributed by atoms with Crippen LogP contribution in [0.2, 0.25) is 0 Å². The Hall–Kier alpha value is -0.360. The van der Waals surface area contributed by atoms with Gasteiger partial charge in [0.15, 0.2) is 0 Å². The van der Waals surface area contributed by atoms with E-state index in [1.807, 2.05) is 12.5 Å². The standard InChI is InChI=1S/C10H19NO3S2/c1-15-6-3-4-9(12)11-8(10(13)14)5-7-16-2/h8H,3-7H2,1-2H3,(H,11,12)(H,13,14)/t8-/m0/s1. The molecule has 2 N–H and O–H groups in total. The van der Waals surface area contributed by atoms with Gasteiger partial charge in [0.05, 0.1) is 0 Å². The zero-order valence-electron chi connectivity index (χ0n) is 9.69. The number of hydrogen-bond acceptors (Lipinski definition) is 4. The summed E-state index contributed by atoms with van der Waals surface area (Å²) in [5.74, 6) is 0.549. The van der Waals surface area contributed by atoms with Crippen molar-refractivity contribution in [3.8, 4) is 0 Å². The average Bonchev–Trinajstić information content (AvgIpc) is 2.24. The number of carboxylic acids is 1. The summed E-state index contributed by atoms with van der Waals surface area (Å²) >= 11 is 3.26. The Kier molecular flexibility index (Phi) is 9.62. The van der Waals surface area contributed by atoms with Crippen LogP contribution in [0.4, 0.5) is 0 Å². The van der Waals surface area contributed by atoms with E-state index in [0.717, 1.165) is 17.9 Å². The van der Waals surface area contributed by atoms with Crippen molar-refractivity contribution in [1.82, 2.24) is 5.32 Å². The van der Waals surface area contributed by atoms with Gasteiger partial charge in [-0.1, -0.05) is 0 Å². The fourth-order valence-electron chi connectivity index (χ4n) is 1.14. The molecule has 0 spiro atoms. The lowest BCUT2D eigenvalue weighted by molar-refractivity contribution is -0.141. The van der Waals surface area contributed by atoms with E-state index in [0.29, 0.717) is 12.8 Å². The minimum Gasteiger partial charge on any atom is -0.480 e. The largest absolute Gasteiger partial charge is 0.480 e.